The van der Waals surface area contributed by atoms with Gasteiger partial charge in [0.15, 0.2) is 5.69 Å². The Bertz CT molecular complexity index is 2440. The number of anilines is 3. The zero-order chi connectivity index (χ0) is 39.0. The lowest BCUT2D eigenvalue weighted by molar-refractivity contribution is -0.538. The number of hydrogen-bond donors (Lipinski definition) is 5. The van der Waals surface area contributed by atoms with E-state index >= 15 is 0 Å². The second kappa shape index (κ2) is 18.3. The highest BCUT2D eigenvalue weighted by Gasteiger charge is 2.22. The fourth-order valence-corrected chi connectivity index (χ4v) is 7.89. The molecule has 1 aromatic heterocycles. The maximum absolute atomic E-state index is 6.34. The van der Waals surface area contributed by atoms with E-state index in [1.165, 1.54) is 42.5 Å². The van der Waals surface area contributed by atoms with Gasteiger partial charge in [-0.25, -0.2) is 9.98 Å². The smallest absolute Gasteiger partial charge is 0.239 e. The summed E-state index contributed by atoms with van der Waals surface area (Å²) in [6, 6.07) is 33.1. The maximum Gasteiger partial charge on any atom is 0.239 e. The Morgan fingerprint density at radius 3 is 2.09 bits per heavy atom. The minimum absolute atomic E-state index is 0.691. The van der Waals surface area contributed by atoms with Crippen molar-refractivity contribution in [3.8, 4) is 5.69 Å². The van der Waals surface area contributed by atoms with E-state index in [-0.39, 0.29) is 0 Å². The van der Waals surface area contributed by atoms with Crippen LogP contribution in [-0.4, -0.2) is 23.8 Å². The molecule has 0 atom stereocenters. The van der Waals surface area contributed by atoms with E-state index in [1.807, 2.05) is 48.5 Å². The molecule has 7 rings (SSSR count). The lowest BCUT2D eigenvalue weighted by atomic mass is 10.0. The summed E-state index contributed by atoms with van der Waals surface area (Å²) in [4.78, 5) is 10.1. The molecular weight excluding hydrogens is 824 g/mol. The largest absolute Gasteiger partial charge is 0.398 e. The van der Waals surface area contributed by atoms with Crippen LogP contribution in [-0.2, 0) is 0 Å². The number of halogens is 2. The van der Waals surface area contributed by atoms with Crippen LogP contribution >= 0.6 is 31.9 Å². The molecule has 10 heteroatoms. The first-order valence-electron chi connectivity index (χ1n) is 19.5. The third kappa shape index (κ3) is 9.49. The highest BCUT2D eigenvalue weighted by molar-refractivity contribution is 9.11. The van der Waals surface area contributed by atoms with Gasteiger partial charge in [0.1, 0.15) is 22.4 Å². The number of rotatable bonds is 15. The van der Waals surface area contributed by atoms with Crippen LogP contribution in [0, 0.1) is 6.92 Å². The van der Waals surface area contributed by atoms with Crippen LogP contribution in [0.3, 0.4) is 0 Å². The van der Waals surface area contributed by atoms with Crippen LogP contribution < -0.4 is 32.0 Å². The molecule has 5 aromatic carbocycles. The molecule has 0 bridgehead atoms. The molecule has 8 nitrogen and oxygen atoms in total. The number of nitrogens with zero attached hydrogens (tertiary/aromatic N) is 3. The predicted molar refractivity (Wildman–Crippen MR) is 242 cm³/mol. The van der Waals surface area contributed by atoms with E-state index in [4.69, 9.17) is 21.4 Å². The van der Waals surface area contributed by atoms with Crippen molar-refractivity contribution >= 4 is 93.8 Å². The summed E-state index contributed by atoms with van der Waals surface area (Å²) in [5, 5.41) is 9.53. The van der Waals surface area contributed by atoms with Gasteiger partial charge in [-0.15, -0.1) is 4.57 Å². The number of nitrogens with two attached hydrogens (primary N) is 3. The molecule has 6 aromatic rings. The quantitative estimate of drug-likeness (QED) is 0.0304. The molecule has 286 valence electrons. The summed E-state index contributed by atoms with van der Waals surface area (Å²) in [5.41, 5.74) is 27.8. The number of nitrogens with one attached hydrogen (secondary N) is 2. The average Bonchev–Trinajstić information content (AvgIpc) is 3.19. The number of benzene rings is 5. The molecule has 0 saturated heterocycles. The van der Waals surface area contributed by atoms with Gasteiger partial charge >= 0.3 is 0 Å². The van der Waals surface area contributed by atoms with Gasteiger partial charge in [-0.05, 0) is 106 Å². The number of aliphatic imine (C=N–C) groups is 1. The minimum atomic E-state index is 0.691. The summed E-state index contributed by atoms with van der Waals surface area (Å²) in [7, 11) is 0. The van der Waals surface area contributed by atoms with Crippen LogP contribution in [0.15, 0.2) is 134 Å². The number of allylic oxidation sites excluding steroid dienone is 3. The molecular formula is C46H50Br2N8+2. The average molecular weight is 875 g/mol. The van der Waals surface area contributed by atoms with Crippen molar-refractivity contribution in [1.29, 1.82) is 0 Å². The number of nitrogen functional groups attached to an aromatic ring is 2. The summed E-state index contributed by atoms with van der Waals surface area (Å²) in [6.45, 7) is 6.23. The van der Waals surface area contributed by atoms with Gasteiger partial charge in [0.25, 0.3) is 0 Å². The Hall–Kier alpha value is -5.03. The van der Waals surface area contributed by atoms with Crippen molar-refractivity contribution in [3.05, 3.63) is 135 Å². The fourth-order valence-electron chi connectivity index (χ4n) is 7.23. The van der Waals surface area contributed by atoms with Gasteiger partial charge in [0.2, 0.25) is 16.7 Å². The van der Waals surface area contributed by atoms with Crippen LogP contribution in [0.1, 0.15) is 57.4 Å². The van der Waals surface area contributed by atoms with Gasteiger partial charge in [0.05, 0.1) is 11.4 Å². The molecule has 0 amide bonds. The Labute approximate surface area is 346 Å². The number of para-hydroxylation sites is 2. The molecule has 0 saturated carbocycles. The molecule has 8 N–H and O–H groups in total. The highest BCUT2D eigenvalue weighted by Crippen LogP contribution is 2.33. The molecule has 1 aliphatic rings. The Morgan fingerprint density at radius 2 is 1.36 bits per heavy atom. The van der Waals surface area contributed by atoms with E-state index in [1.54, 1.807) is 0 Å². The Morgan fingerprint density at radius 1 is 0.732 bits per heavy atom. The van der Waals surface area contributed by atoms with E-state index in [0.717, 1.165) is 97.5 Å². The lowest BCUT2D eigenvalue weighted by Crippen LogP contribution is -2.71. The van der Waals surface area contributed by atoms with Crippen LogP contribution in [0.4, 0.5) is 34.1 Å². The summed E-state index contributed by atoms with van der Waals surface area (Å²) in [5.74, 6) is 0. The first kappa shape index (κ1) is 39.2. The van der Waals surface area contributed by atoms with Gasteiger partial charge < -0.3 is 22.1 Å². The normalized spacial score (nSPS) is 13.6. The summed E-state index contributed by atoms with van der Waals surface area (Å²) >= 11 is 7.18. The molecule has 1 aliphatic carbocycles. The predicted octanol–water partition coefficient (Wildman–Crippen LogP) is 10.5. The first-order valence-corrected chi connectivity index (χ1v) is 21.1. The maximum atomic E-state index is 6.34. The molecule has 0 spiro atoms. The highest BCUT2D eigenvalue weighted by atomic mass is 79.9. The molecule has 0 unspecified atom stereocenters. The Kier molecular flexibility index (Phi) is 12.8. The second-order valence-electron chi connectivity index (χ2n) is 14.5. The molecule has 1 heterocycles. The first-order chi connectivity index (χ1) is 27.2. The summed E-state index contributed by atoms with van der Waals surface area (Å²) in [6.07, 6.45) is 12.5. The van der Waals surface area contributed by atoms with Crippen LogP contribution in [0.5, 0.6) is 0 Å². The van der Waals surface area contributed by atoms with Crippen molar-refractivity contribution in [2.24, 2.45) is 4.99 Å². The van der Waals surface area contributed by atoms with Crippen LogP contribution in [0.25, 0.3) is 27.8 Å². The fraction of sp³-hybridized carbons (Fsp3) is 0.239. The third-order valence-corrected chi connectivity index (χ3v) is 11.6. The SMILES string of the molecule is CC1=CC(=Nc2cc(Br)c(N)cc2[NH2+]c2ccccc2)CC=C1NCCCCCCCCNc1cc2c(cc1C)nc1cc(Br)c(N)cc1[n+]2-c1ccccc1. The van der Waals surface area contributed by atoms with Crippen molar-refractivity contribution in [2.75, 3.05) is 29.9 Å². The number of quaternary nitrogens is 1. The zero-order valence-corrected chi connectivity index (χ0v) is 35.3. The zero-order valence-electron chi connectivity index (χ0n) is 32.1. The number of aryl methyl sites for hydroxylation is 1. The number of aromatic nitrogens is 2. The standard InChI is InChI=1S/C46H48Br2N8/c1-30-23-33(54-41-25-35(47)37(49)27-42(41)53-32-15-9-7-10-16-32)19-20-39(30)51-21-13-5-3-4-6-14-22-52-40-29-46-43(24-31(40)2)55-44-26-36(48)38(50)28-45(44)56(46)34-17-11-8-12-18-34/h7-12,15-18,20,23-29,51,53H,3-6,13-14,19,21-22,49H2,1-2H3,(H2,50,52)/p+2. The van der Waals surface area contributed by atoms with Crippen molar-refractivity contribution in [2.45, 2.75) is 58.8 Å². The van der Waals surface area contributed by atoms with E-state index in [0.29, 0.717) is 11.4 Å². The number of unbranched alkanes of at least 4 members (excludes halogenated alkanes) is 5. The van der Waals surface area contributed by atoms with Crippen molar-refractivity contribution < 1.29 is 9.88 Å². The number of fused-ring (bicyclic) bond motifs is 2. The third-order valence-electron chi connectivity index (χ3n) is 10.2. The monoisotopic (exact) mass is 872 g/mol. The lowest BCUT2D eigenvalue weighted by Gasteiger charge is -2.17. The molecule has 0 fully saturated rings. The topological polar surface area (TPSA) is 122 Å². The van der Waals surface area contributed by atoms with E-state index < -0.39 is 0 Å². The number of hydrogen-bond acceptors (Lipinski definition) is 6. The van der Waals surface area contributed by atoms with E-state index in [2.05, 4.69) is 127 Å². The van der Waals surface area contributed by atoms with Gasteiger partial charge in [-0.2, -0.15) is 0 Å². The van der Waals surface area contributed by atoms with Gasteiger partial charge in [-0.3, -0.25) is 5.32 Å². The minimum Gasteiger partial charge on any atom is -0.398 e. The Balaban J connectivity index is 0.863. The second-order valence-corrected chi connectivity index (χ2v) is 16.2. The van der Waals surface area contributed by atoms with Gasteiger partial charge in [0, 0.05) is 75.9 Å². The molecule has 56 heavy (non-hydrogen) atoms. The molecule has 0 radical (unpaired) electrons. The van der Waals surface area contributed by atoms with Crippen molar-refractivity contribution in [3.63, 3.8) is 0 Å². The van der Waals surface area contributed by atoms with Crippen LogP contribution in [0.2, 0.25) is 0 Å². The van der Waals surface area contributed by atoms with E-state index in [9.17, 15) is 0 Å². The summed E-state index contributed by atoms with van der Waals surface area (Å²) < 4.78 is 3.97. The molecule has 0 aliphatic heterocycles. The van der Waals surface area contributed by atoms with Gasteiger partial charge in [-0.1, -0.05) is 68.2 Å². The van der Waals surface area contributed by atoms with Crippen molar-refractivity contribution in [1.82, 2.24) is 10.3 Å².